The van der Waals surface area contributed by atoms with Gasteiger partial charge >= 0.3 is 0 Å². The summed E-state index contributed by atoms with van der Waals surface area (Å²) < 4.78 is 19.6. The fourth-order valence-electron chi connectivity index (χ4n) is 4.85. The molecule has 172 valence electrons. The van der Waals surface area contributed by atoms with Crippen LogP contribution in [0.3, 0.4) is 0 Å². The number of nitrogens with zero attached hydrogens (tertiary/aromatic N) is 2. The van der Waals surface area contributed by atoms with E-state index in [4.69, 9.17) is 4.74 Å². The average molecular weight is 438 g/mol. The van der Waals surface area contributed by atoms with Crippen LogP contribution in [0.2, 0.25) is 0 Å². The summed E-state index contributed by atoms with van der Waals surface area (Å²) in [6, 6.07) is 12.0. The summed E-state index contributed by atoms with van der Waals surface area (Å²) in [7, 11) is 2.18. The third-order valence-corrected chi connectivity index (χ3v) is 6.74. The largest absolute Gasteiger partial charge is 0.487 e. The summed E-state index contributed by atoms with van der Waals surface area (Å²) in [6.07, 6.45) is 3.13. The Balaban J connectivity index is 1.46. The molecule has 1 fully saturated rings. The van der Waals surface area contributed by atoms with Crippen LogP contribution in [0.25, 0.3) is 0 Å². The molecule has 2 heterocycles. The molecule has 1 N–H and O–H groups in total. The number of ether oxygens (including phenoxy) is 1. The summed E-state index contributed by atoms with van der Waals surface area (Å²) in [6.45, 7) is 14.3. The van der Waals surface area contributed by atoms with Crippen LogP contribution in [-0.2, 0) is 19.5 Å². The van der Waals surface area contributed by atoms with Gasteiger partial charge in [-0.05, 0) is 94.2 Å². The number of piperidine rings is 1. The first-order valence-electron chi connectivity index (χ1n) is 11.6. The Hall–Kier alpha value is -2.53. The summed E-state index contributed by atoms with van der Waals surface area (Å²) >= 11 is 0. The predicted octanol–water partition coefficient (Wildman–Crippen LogP) is 5.00. The number of likely N-dealkylation sites (tertiary alicyclic amines) is 1. The van der Waals surface area contributed by atoms with Crippen molar-refractivity contribution in [3.05, 3.63) is 76.9 Å². The van der Waals surface area contributed by atoms with Gasteiger partial charge in [0.05, 0.1) is 5.82 Å². The Labute approximate surface area is 192 Å². The second-order valence-electron chi connectivity index (χ2n) is 10.0. The van der Waals surface area contributed by atoms with Gasteiger partial charge in [0.15, 0.2) is 0 Å². The first kappa shape index (κ1) is 22.7. The van der Waals surface area contributed by atoms with E-state index >= 15 is 0 Å². The zero-order valence-electron chi connectivity index (χ0n) is 19.9. The van der Waals surface area contributed by atoms with Gasteiger partial charge in [0.2, 0.25) is 0 Å². The molecule has 1 saturated heterocycles. The fourth-order valence-corrected chi connectivity index (χ4v) is 4.85. The van der Waals surface area contributed by atoms with Crippen LogP contribution in [0.5, 0.6) is 5.75 Å². The number of hydrogen-bond donors (Lipinski definition) is 1. The zero-order chi connectivity index (χ0) is 22.9. The van der Waals surface area contributed by atoms with Gasteiger partial charge in [-0.25, -0.2) is 4.39 Å². The van der Waals surface area contributed by atoms with Crippen LogP contribution in [0, 0.1) is 12.7 Å². The van der Waals surface area contributed by atoms with Gasteiger partial charge in [-0.2, -0.15) is 0 Å². The van der Waals surface area contributed by atoms with Crippen molar-refractivity contribution in [2.75, 3.05) is 20.1 Å². The molecular weight excluding hydrogens is 401 g/mol. The fraction of sp³-hybridized carbons (Fsp3) is 0.481. The normalized spacial score (nSPS) is 18.2. The third kappa shape index (κ3) is 5.26. The highest BCUT2D eigenvalue weighted by Crippen LogP contribution is 2.35. The molecule has 0 aromatic heterocycles. The van der Waals surface area contributed by atoms with Crippen LogP contribution >= 0.6 is 0 Å². The highest BCUT2D eigenvalue weighted by Gasteiger charge is 2.30. The highest BCUT2D eigenvalue weighted by atomic mass is 19.1. The molecule has 0 spiro atoms. The van der Waals surface area contributed by atoms with E-state index in [1.165, 1.54) is 11.1 Å². The number of benzene rings is 2. The lowest BCUT2D eigenvalue weighted by Crippen LogP contribution is -2.45. The Morgan fingerprint density at radius 1 is 1.22 bits per heavy atom. The minimum absolute atomic E-state index is 0.129. The summed E-state index contributed by atoms with van der Waals surface area (Å²) in [5.74, 6) is 1.75. The van der Waals surface area contributed by atoms with Crippen molar-refractivity contribution in [1.82, 2.24) is 15.1 Å². The van der Waals surface area contributed by atoms with Crippen LogP contribution in [0.15, 0.2) is 48.8 Å². The number of rotatable bonds is 7. The summed E-state index contributed by atoms with van der Waals surface area (Å²) in [4.78, 5) is 4.76. The summed E-state index contributed by atoms with van der Waals surface area (Å²) in [5.41, 5.74) is 4.50. The maximum atomic E-state index is 13.6. The zero-order valence-corrected chi connectivity index (χ0v) is 19.9. The maximum absolute atomic E-state index is 13.6. The first-order valence-corrected chi connectivity index (χ1v) is 11.6. The van der Waals surface area contributed by atoms with E-state index in [1.54, 1.807) is 12.1 Å². The van der Waals surface area contributed by atoms with Gasteiger partial charge in [-0.15, -0.1) is 0 Å². The van der Waals surface area contributed by atoms with Crippen molar-refractivity contribution in [3.8, 4) is 5.75 Å². The van der Waals surface area contributed by atoms with Gasteiger partial charge < -0.3 is 19.9 Å². The lowest BCUT2D eigenvalue weighted by molar-refractivity contribution is 0.137. The van der Waals surface area contributed by atoms with Gasteiger partial charge in [0.1, 0.15) is 17.2 Å². The number of halogens is 1. The molecule has 2 aliphatic heterocycles. The lowest BCUT2D eigenvalue weighted by Gasteiger charge is -2.40. The third-order valence-electron chi connectivity index (χ3n) is 6.74. The Morgan fingerprint density at radius 3 is 2.69 bits per heavy atom. The molecule has 0 atom stereocenters. The standard InChI is InChI=1S/C27H36FN3O/c1-19-14-24(28)8-7-22(19)18-31(25-10-12-30(5)13-11-25)20(2)29-17-21-6-9-26-23(15-21)16-27(3,4)32-26/h6-9,14-15,25,29H,2,10-13,16-18H2,1,3-5H3. The van der Waals surface area contributed by atoms with E-state index in [0.717, 1.165) is 68.1 Å². The van der Waals surface area contributed by atoms with Crippen LogP contribution in [0.4, 0.5) is 4.39 Å². The molecule has 2 aliphatic rings. The van der Waals surface area contributed by atoms with Crippen LogP contribution < -0.4 is 10.1 Å². The van der Waals surface area contributed by atoms with Crippen molar-refractivity contribution in [2.24, 2.45) is 0 Å². The molecule has 0 unspecified atom stereocenters. The predicted molar refractivity (Wildman–Crippen MR) is 128 cm³/mol. The Bertz CT molecular complexity index is 979. The van der Waals surface area contributed by atoms with Crippen LogP contribution in [-0.4, -0.2) is 41.6 Å². The van der Waals surface area contributed by atoms with Crippen LogP contribution in [0.1, 0.15) is 48.9 Å². The van der Waals surface area contributed by atoms with Crippen molar-refractivity contribution in [3.63, 3.8) is 0 Å². The molecule has 2 aromatic carbocycles. The first-order chi connectivity index (χ1) is 15.2. The number of aryl methyl sites for hydroxylation is 1. The Morgan fingerprint density at radius 2 is 1.97 bits per heavy atom. The smallest absolute Gasteiger partial charge is 0.123 e. The molecule has 0 bridgehead atoms. The van der Waals surface area contributed by atoms with Crippen molar-refractivity contribution < 1.29 is 9.13 Å². The molecular formula is C27H36FN3O. The monoisotopic (exact) mass is 437 g/mol. The van der Waals surface area contributed by atoms with Crippen molar-refractivity contribution in [2.45, 2.75) is 64.8 Å². The number of hydrogen-bond acceptors (Lipinski definition) is 4. The van der Waals surface area contributed by atoms with Gasteiger partial charge in [-0.3, -0.25) is 0 Å². The maximum Gasteiger partial charge on any atom is 0.123 e. The molecule has 0 radical (unpaired) electrons. The highest BCUT2D eigenvalue weighted by molar-refractivity contribution is 5.42. The molecule has 0 amide bonds. The van der Waals surface area contributed by atoms with E-state index < -0.39 is 0 Å². The van der Waals surface area contributed by atoms with E-state index in [0.29, 0.717) is 6.04 Å². The quantitative estimate of drug-likeness (QED) is 0.659. The second kappa shape index (κ2) is 9.14. The van der Waals surface area contributed by atoms with E-state index in [9.17, 15) is 4.39 Å². The van der Waals surface area contributed by atoms with E-state index in [1.807, 2.05) is 13.0 Å². The molecule has 2 aromatic rings. The van der Waals surface area contributed by atoms with Gasteiger partial charge in [0, 0.05) is 25.6 Å². The van der Waals surface area contributed by atoms with Crippen molar-refractivity contribution in [1.29, 1.82) is 0 Å². The molecule has 0 aliphatic carbocycles. The topological polar surface area (TPSA) is 27.7 Å². The molecule has 32 heavy (non-hydrogen) atoms. The molecule has 4 rings (SSSR count). The SMILES string of the molecule is C=C(NCc1ccc2c(c1)CC(C)(C)O2)N(Cc1ccc(F)cc1C)C1CCN(C)CC1. The molecule has 5 heteroatoms. The van der Waals surface area contributed by atoms with Crippen molar-refractivity contribution >= 4 is 0 Å². The summed E-state index contributed by atoms with van der Waals surface area (Å²) in [5, 5.41) is 3.57. The lowest BCUT2D eigenvalue weighted by atomic mass is 10.00. The number of nitrogens with one attached hydrogen (secondary N) is 1. The molecule has 0 saturated carbocycles. The van der Waals surface area contributed by atoms with E-state index in [-0.39, 0.29) is 11.4 Å². The van der Waals surface area contributed by atoms with Gasteiger partial charge in [0.25, 0.3) is 0 Å². The van der Waals surface area contributed by atoms with Gasteiger partial charge in [-0.1, -0.05) is 24.8 Å². The van der Waals surface area contributed by atoms with E-state index in [2.05, 4.69) is 60.8 Å². The number of fused-ring (bicyclic) bond motifs is 1. The average Bonchev–Trinajstić information content (AvgIpc) is 3.05. The molecule has 4 nitrogen and oxygen atoms in total. The minimum Gasteiger partial charge on any atom is -0.487 e. The Kier molecular flexibility index (Phi) is 6.47. The second-order valence-corrected chi connectivity index (χ2v) is 10.0. The minimum atomic E-state index is -0.183.